The van der Waals surface area contributed by atoms with Crippen molar-refractivity contribution in [3.05, 3.63) is 88.5 Å². The fraction of sp³-hybridized carbons (Fsp3) is 0.345. The smallest absolute Gasteiger partial charge is 0.338 e. The number of aromatic nitrogens is 1. The lowest BCUT2D eigenvalue weighted by Gasteiger charge is -2.25. The molecule has 0 saturated carbocycles. The van der Waals surface area contributed by atoms with Crippen LogP contribution >= 0.6 is 27.3 Å². The van der Waals surface area contributed by atoms with Crippen molar-refractivity contribution in [1.82, 2.24) is 4.57 Å². The summed E-state index contributed by atoms with van der Waals surface area (Å²) in [5, 5.41) is 0. The second-order valence-corrected chi connectivity index (χ2v) is 11.1. The highest BCUT2D eigenvalue weighted by molar-refractivity contribution is 9.10. The SMILES string of the molecule is COCCOC(=O)C1=C(C)N=c2sc(=Cc3cc(OC)c(OC)cc3Br)c(=O)n2C1c1ccc(C(C)C)cc1. The summed E-state index contributed by atoms with van der Waals surface area (Å²) in [6, 6.07) is 10.9. The Bertz CT molecular complexity index is 1590. The fourth-order valence-corrected chi connectivity index (χ4v) is 5.85. The van der Waals surface area contributed by atoms with Crippen LogP contribution in [0.25, 0.3) is 6.08 Å². The molecule has 206 valence electrons. The third-order valence-corrected chi connectivity index (χ3v) is 8.14. The van der Waals surface area contributed by atoms with E-state index in [-0.39, 0.29) is 18.8 Å². The van der Waals surface area contributed by atoms with E-state index in [1.807, 2.05) is 24.3 Å². The molecule has 0 amide bonds. The Kier molecular flexibility index (Phi) is 9.09. The van der Waals surface area contributed by atoms with Crippen molar-refractivity contribution in [2.45, 2.75) is 32.7 Å². The molecule has 0 N–H and O–H groups in total. The maximum atomic E-state index is 13.9. The minimum Gasteiger partial charge on any atom is -0.493 e. The molecule has 0 spiro atoms. The number of benzene rings is 2. The molecule has 1 atom stereocenters. The lowest BCUT2D eigenvalue weighted by molar-refractivity contribution is -0.140. The number of carbonyl (C=O) groups is 1. The van der Waals surface area contributed by atoms with Crippen molar-refractivity contribution in [2.24, 2.45) is 4.99 Å². The van der Waals surface area contributed by atoms with Crippen molar-refractivity contribution in [3.8, 4) is 11.5 Å². The number of fused-ring (bicyclic) bond motifs is 1. The van der Waals surface area contributed by atoms with Crippen molar-refractivity contribution in [3.63, 3.8) is 0 Å². The highest BCUT2D eigenvalue weighted by Gasteiger charge is 2.33. The zero-order chi connectivity index (χ0) is 28.3. The maximum absolute atomic E-state index is 13.9. The molecule has 1 aliphatic heterocycles. The van der Waals surface area contributed by atoms with Gasteiger partial charge in [-0.1, -0.05) is 65.4 Å². The molecule has 1 aliphatic rings. The van der Waals surface area contributed by atoms with Gasteiger partial charge in [-0.25, -0.2) is 9.79 Å². The summed E-state index contributed by atoms with van der Waals surface area (Å²) in [6.45, 7) is 6.37. The van der Waals surface area contributed by atoms with Crippen LogP contribution in [0.5, 0.6) is 11.5 Å². The van der Waals surface area contributed by atoms with Crippen LogP contribution in [0.4, 0.5) is 0 Å². The number of thiazole rings is 1. The number of hydrogen-bond donors (Lipinski definition) is 0. The Morgan fingerprint density at radius 2 is 1.77 bits per heavy atom. The standard InChI is InChI=1S/C29H31BrN2O6S/c1-16(2)18-7-9-19(10-8-18)26-25(28(34)38-12-11-35-4)17(3)31-29-32(26)27(33)24(39-29)14-20-13-22(36-5)23(37-6)15-21(20)30/h7-10,13-16,26H,11-12H2,1-6H3. The molecule has 8 nitrogen and oxygen atoms in total. The molecule has 0 aliphatic carbocycles. The Morgan fingerprint density at radius 3 is 2.38 bits per heavy atom. The van der Waals surface area contributed by atoms with E-state index in [1.54, 1.807) is 51.0 Å². The first-order valence-electron chi connectivity index (χ1n) is 12.4. The van der Waals surface area contributed by atoms with Crippen LogP contribution < -0.4 is 24.4 Å². The molecule has 2 heterocycles. The maximum Gasteiger partial charge on any atom is 0.338 e. The lowest BCUT2D eigenvalue weighted by atomic mass is 9.93. The van der Waals surface area contributed by atoms with Crippen molar-refractivity contribution in [1.29, 1.82) is 0 Å². The van der Waals surface area contributed by atoms with Gasteiger partial charge < -0.3 is 18.9 Å². The van der Waals surface area contributed by atoms with Crippen LogP contribution in [0.15, 0.2) is 61.9 Å². The van der Waals surface area contributed by atoms with Gasteiger partial charge in [-0.2, -0.15) is 0 Å². The molecule has 3 aromatic rings. The second kappa shape index (κ2) is 12.3. The summed E-state index contributed by atoms with van der Waals surface area (Å²) >= 11 is 4.83. The van der Waals surface area contributed by atoms with E-state index in [2.05, 4.69) is 34.8 Å². The van der Waals surface area contributed by atoms with E-state index >= 15 is 0 Å². The van der Waals surface area contributed by atoms with Gasteiger partial charge in [0.25, 0.3) is 5.56 Å². The number of rotatable bonds is 9. The number of hydrogen-bond acceptors (Lipinski definition) is 8. The van der Waals surface area contributed by atoms with E-state index in [4.69, 9.17) is 18.9 Å². The molecule has 39 heavy (non-hydrogen) atoms. The Labute approximate surface area is 239 Å². The topological polar surface area (TPSA) is 88.4 Å². The van der Waals surface area contributed by atoms with E-state index in [0.29, 0.717) is 38.0 Å². The van der Waals surface area contributed by atoms with Crippen LogP contribution in [0.1, 0.15) is 49.4 Å². The van der Waals surface area contributed by atoms with Gasteiger partial charge in [0, 0.05) is 11.6 Å². The average molecular weight is 616 g/mol. The largest absolute Gasteiger partial charge is 0.493 e. The van der Waals surface area contributed by atoms with Gasteiger partial charge in [-0.05, 0) is 47.7 Å². The first kappa shape index (κ1) is 28.8. The van der Waals surface area contributed by atoms with Crippen LogP contribution in [0.2, 0.25) is 0 Å². The Hall–Kier alpha value is -3.21. The summed E-state index contributed by atoms with van der Waals surface area (Å²) in [5.74, 6) is 0.930. The monoisotopic (exact) mass is 614 g/mol. The van der Waals surface area contributed by atoms with Gasteiger partial charge in [0.2, 0.25) is 0 Å². The van der Waals surface area contributed by atoms with Crippen molar-refractivity contribution in [2.75, 3.05) is 34.5 Å². The molecule has 1 unspecified atom stereocenters. The summed E-state index contributed by atoms with van der Waals surface area (Å²) in [4.78, 5) is 32.4. The molecular formula is C29H31BrN2O6S. The molecule has 4 rings (SSSR count). The number of halogens is 1. The normalized spacial score (nSPS) is 15.3. The fourth-order valence-electron chi connectivity index (χ4n) is 4.38. The second-order valence-electron chi connectivity index (χ2n) is 9.26. The molecule has 0 bridgehead atoms. The number of nitrogens with zero attached hydrogens (tertiary/aromatic N) is 2. The Morgan fingerprint density at radius 1 is 1.10 bits per heavy atom. The highest BCUT2D eigenvalue weighted by atomic mass is 79.9. The third kappa shape index (κ3) is 5.88. The summed E-state index contributed by atoms with van der Waals surface area (Å²) in [6.07, 6.45) is 1.78. The Balaban J connectivity index is 1.90. The molecule has 0 radical (unpaired) electrons. The molecular weight excluding hydrogens is 584 g/mol. The number of methoxy groups -OCH3 is 3. The van der Waals surface area contributed by atoms with Crippen LogP contribution in [-0.4, -0.2) is 45.1 Å². The van der Waals surface area contributed by atoms with Gasteiger partial charge in [0.15, 0.2) is 16.3 Å². The van der Waals surface area contributed by atoms with E-state index in [0.717, 1.165) is 21.2 Å². The third-order valence-electron chi connectivity index (χ3n) is 6.47. The summed E-state index contributed by atoms with van der Waals surface area (Å²) < 4.78 is 24.1. The number of ether oxygens (including phenoxy) is 4. The van der Waals surface area contributed by atoms with E-state index in [9.17, 15) is 9.59 Å². The molecule has 2 aromatic carbocycles. The predicted molar refractivity (Wildman–Crippen MR) is 154 cm³/mol. The first-order chi connectivity index (χ1) is 18.7. The highest BCUT2D eigenvalue weighted by Crippen LogP contribution is 2.34. The molecule has 10 heteroatoms. The van der Waals surface area contributed by atoms with Crippen LogP contribution in [0.3, 0.4) is 0 Å². The molecule has 1 aromatic heterocycles. The number of esters is 1. The van der Waals surface area contributed by atoms with Gasteiger partial charge in [0.1, 0.15) is 6.61 Å². The minimum atomic E-state index is -0.687. The van der Waals surface area contributed by atoms with Crippen molar-refractivity contribution >= 4 is 39.3 Å². The van der Waals surface area contributed by atoms with Gasteiger partial charge in [-0.3, -0.25) is 9.36 Å². The lowest BCUT2D eigenvalue weighted by Crippen LogP contribution is -2.40. The average Bonchev–Trinajstić information content (AvgIpc) is 3.22. The molecule has 0 fully saturated rings. The summed E-state index contributed by atoms with van der Waals surface area (Å²) in [5.41, 5.74) is 3.28. The van der Waals surface area contributed by atoms with E-state index < -0.39 is 12.0 Å². The first-order valence-corrected chi connectivity index (χ1v) is 14.0. The quantitative estimate of drug-likeness (QED) is 0.263. The molecule has 0 saturated heterocycles. The van der Waals surface area contributed by atoms with Gasteiger partial charge in [0.05, 0.1) is 42.7 Å². The number of allylic oxidation sites excluding steroid dienone is 1. The van der Waals surface area contributed by atoms with Gasteiger partial charge >= 0.3 is 5.97 Å². The van der Waals surface area contributed by atoms with E-state index in [1.165, 1.54) is 11.3 Å². The summed E-state index contributed by atoms with van der Waals surface area (Å²) in [7, 11) is 4.67. The zero-order valence-electron chi connectivity index (χ0n) is 22.7. The number of carbonyl (C=O) groups excluding carboxylic acids is 1. The van der Waals surface area contributed by atoms with Crippen molar-refractivity contribution < 1.29 is 23.7 Å². The van der Waals surface area contributed by atoms with Gasteiger partial charge in [-0.15, -0.1) is 0 Å². The van der Waals surface area contributed by atoms with Crippen LogP contribution in [0, 0.1) is 0 Å². The van der Waals surface area contributed by atoms with Crippen LogP contribution in [-0.2, 0) is 14.3 Å². The predicted octanol–water partition coefficient (Wildman–Crippen LogP) is 4.33. The minimum absolute atomic E-state index is 0.100. The zero-order valence-corrected chi connectivity index (χ0v) is 25.1.